The van der Waals surface area contributed by atoms with Gasteiger partial charge in [0.1, 0.15) is 0 Å². The number of carbonyl (C=O) groups excluding carboxylic acids is 1. The number of halogens is 1. The SMILES string of the molecule is CN=C(NCc1ccc(C)cc1C)NC1CCN(C(=O)C(C)C)C1.I. The fourth-order valence-corrected chi connectivity index (χ4v) is 3.05. The summed E-state index contributed by atoms with van der Waals surface area (Å²) < 4.78 is 0. The monoisotopic (exact) mass is 458 g/mol. The van der Waals surface area contributed by atoms with E-state index in [9.17, 15) is 4.79 Å². The van der Waals surface area contributed by atoms with Crippen LogP contribution in [0.1, 0.15) is 37.0 Å². The topological polar surface area (TPSA) is 56.7 Å². The second kappa shape index (κ2) is 9.99. The molecule has 2 N–H and O–H groups in total. The second-order valence-corrected chi connectivity index (χ2v) is 6.92. The molecular weight excluding hydrogens is 427 g/mol. The molecule has 0 radical (unpaired) electrons. The minimum atomic E-state index is 0. The molecule has 1 heterocycles. The predicted octanol–water partition coefficient (Wildman–Crippen LogP) is 2.84. The van der Waals surface area contributed by atoms with E-state index in [4.69, 9.17) is 0 Å². The molecule has 0 spiro atoms. The van der Waals surface area contributed by atoms with Gasteiger partial charge in [-0.25, -0.2) is 0 Å². The smallest absolute Gasteiger partial charge is 0.225 e. The number of benzene rings is 1. The molecule has 1 unspecified atom stereocenters. The van der Waals surface area contributed by atoms with Crippen molar-refractivity contribution in [2.24, 2.45) is 10.9 Å². The fraction of sp³-hybridized carbons (Fsp3) is 0.579. The molecule has 1 amide bonds. The zero-order valence-electron chi connectivity index (χ0n) is 15.9. The highest BCUT2D eigenvalue weighted by Crippen LogP contribution is 2.13. The molecule has 6 heteroatoms. The van der Waals surface area contributed by atoms with Crippen molar-refractivity contribution in [2.75, 3.05) is 20.1 Å². The fourth-order valence-electron chi connectivity index (χ4n) is 3.05. The van der Waals surface area contributed by atoms with Crippen molar-refractivity contribution in [1.82, 2.24) is 15.5 Å². The average molecular weight is 458 g/mol. The average Bonchev–Trinajstić information content (AvgIpc) is 3.00. The Morgan fingerprint density at radius 3 is 2.68 bits per heavy atom. The van der Waals surface area contributed by atoms with Crippen molar-refractivity contribution in [2.45, 2.75) is 46.7 Å². The first-order valence-corrected chi connectivity index (χ1v) is 8.72. The van der Waals surface area contributed by atoms with Crippen LogP contribution in [-0.4, -0.2) is 42.9 Å². The molecule has 1 aliphatic heterocycles. The molecule has 5 nitrogen and oxygen atoms in total. The van der Waals surface area contributed by atoms with Crippen LogP contribution in [0.3, 0.4) is 0 Å². The molecule has 0 aliphatic carbocycles. The quantitative estimate of drug-likeness (QED) is 0.415. The lowest BCUT2D eigenvalue weighted by Crippen LogP contribution is -2.45. The molecule has 1 aromatic rings. The molecule has 1 atom stereocenters. The van der Waals surface area contributed by atoms with Gasteiger partial charge in [0.15, 0.2) is 5.96 Å². The van der Waals surface area contributed by atoms with Gasteiger partial charge in [-0.05, 0) is 31.4 Å². The van der Waals surface area contributed by atoms with E-state index < -0.39 is 0 Å². The van der Waals surface area contributed by atoms with Crippen LogP contribution >= 0.6 is 24.0 Å². The van der Waals surface area contributed by atoms with Crippen molar-refractivity contribution in [3.8, 4) is 0 Å². The Bertz CT molecular complexity index is 615. The number of likely N-dealkylation sites (tertiary alicyclic amines) is 1. The van der Waals surface area contributed by atoms with Crippen molar-refractivity contribution in [3.63, 3.8) is 0 Å². The van der Waals surface area contributed by atoms with Gasteiger partial charge in [-0.15, -0.1) is 24.0 Å². The Kier molecular flexibility index (Phi) is 8.68. The summed E-state index contributed by atoms with van der Waals surface area (Å²) in [5.41, 5.74) is 3.83. The zero-order valence-corrected chi connectivity index (χ0v) is 18.3. The van der Waals surface area contributed by atoms with Crippen LogP contribution in [0.4, 0.5) is 0 Å². The number of rotatable bonds is 4. The van der Waals surface area contributed by atoms with Gasteiger partial charge >= 0.3 is 0 Å². The summed E-state index contributed by atoms with van der Waals surface area (Å²) in [5, 5.41) is 6.81. The van der Waals surface area contributed by atoms with Gasteiger partial charge in [0.2, 0.25) is 5.91 Å². The van der Waals surface area contributed by atoms with Gasteiger partial charge in [0.05, 0.1) is 0 Å². The Hall–Kier alpha value is -1.31. The maximum atomic E-state index is 12.1. The Morgan fingerprint density at radius 2 is 2.08 bits per heavy atom. The molecule has 1 saturated heterocycles. The first-order valence-electron chi connectivity index (χ1n) is 8.72. The summed E-state index contributed by atoms with van der Waals surface area (Å²) in [7, 11) is 1.78. The molecule has 140 valence electrons. The highest BCUT2D eigenvalue weighted by molar-refractivity contribution is 14.0. The Balaban J connectivity index is 0.00000312. The molecule has 1 fully saturated rings. The van der Waals surface area contributed by atoms with Crippen molar-refractivity contribution in [1.29, 1.82) is 0 Å². The van der Waals surface area contributed by atoms with E-state index in [1.54, 1.807) is 7.05 Å². The lowest BCUT2D eigenvalue weighted by atomic mass is 10.1. The summed E-state index contributed by atoms with van der Waals surface area (Å²) in [4.78, 5) is 18.3. The lowest BCUT2D eigenvalue weighted by Gasteiger charge is -2.20. The molecule has 1 aliphatic rings. The van der Waals surface area contributed by atoms with Crippen LogP contribution < -0.4 is 10.6 Å². The molecular formula is C19H31IN4O. The van der Waals surface area contributed by atoms with E-state index in [1.165, 1.54) is 16.7 Å². The number of hydrogen-bond acceptors (Lipinski definition) is 2. The summed E-state index contributed by atoms with van der Waals surface area (Å²) in [6.07, 6.45) is 0.961. The van der Waals surface area contributed by atoms with Crippen LogP contribution in [0.15, 0.2) is 23.2 Å². The van der Waals surface area contributed by atoms with Crippen LogP contribution in [0.5, 0.6) is 0 Å². The zero-order chi connectivity index (χ0) is 17.7. The van der Waals surface area contributed by atoms with E-state index in [2.05, 4.69) is 47.7 Å². The normalized spacial score (nSPS) is 17.4. The number of aryl methyl sites for hydroxylation is 2. The summed E-state index contributed by atoms with van der Waals surface area (Å²) in [6.45, 7) is 10.5. The predicted molar refractivity (Wildman–Crippen MR) is 114 cm³/mol. The van der Waals surface area contributed by atoms with Gasteiger partial charge < -0.3 is 15.5 Å². The van der Waals surface area contributed by atoms with Gasteiger partial charge in [-0.3, -0.25) is 9.79 Å². The third kappa shape index (κ3) is 6.17. The number of nitrogens with one attached hydrogen (secondary N) is 2. The third-order valence-electron chi connectivity index (χ3n) is 4.50. The summed E-state index contributed by atoms with van der Waals surface area (Å²) in [5.74, 6) is 1.09. The number of hydrogen-bond donors (Lipinski definition) is 2. The van der Waals surface area contributed by atoms with Gasteiger partial charge in [0, 0.05) is 38.6 Å². The standard InChI is InChI=1S/C19H30N4O.HI/c1-13(2)18(24)23-9-8-17(12-23)22-19(20-5)21-11-16-7-6-14(3)10-15(16)4;/h6-7,10,13,17H,8-9,11-12H2,1-5H3,(H2,20,21,22);1H. The molecule has 0 saturated carbocycles. The summed E-state index contributed by atoms with van der Waals surface area (Å²) in [6, 6.07) is 6.74. The van der Waals surface area contributed by atoms with Crippen molar-refractivity contribution >= 4 is 35.8 Å². The first kappa shape index (κ1) is 21.7. The number of guanidine groups is 1. The first-order chi connectivity index (χ1) is 11.4. The maximum Gasteiger partial charge on any atom is 0.225 e. The van der Waals surface area contributed by atoms with Crippen molar-refractivity contribution in [3.05, 3.63) is 34.9 Å². The van der Waals surface area contributed by atoms with E-state index in [-0.39, 0.29) is 41.8 Å². The van der Waals surface area contributed by atoms with E-state index >= 15 is 0 Å². The van der Waals surface area contributed by atoms with Gasteiger partial charge in [-0.2, -0.15) is 0 Å². The minimum Gasteiger partial charge on any atom is -0.352 e. The van der Waals surface area contributed by atoms with Crippen LogP contribution in [0.25, 0.3) is 0 Å². The van der Waals surface area contributed by atoms with Gasteiger partial charge in [0.25, 0.3) is 0 Å². The maximum absolute atomic E-state index is 12.1. The molecule has 25 heavy (non-hydrogen) atoms. The molecule has 0 aromatic heterocycles. The minimum absolute atomic E-state index is 0. The van der Waals surface area contributed by atoms with Crippen molar-refractivity contribution < 1.29 is 4.79 Å². The van der Waals surface area contributed by atoms with E-state index in [0.29, 0.717) is 0 Å². The van der Waals surface area contributed by atoms with Crippen LogP contribution in [0, 0.1) is 19.8 Å². The highest BCUT2D eigenvalue weighted by Gasteiger charge is 2.27. The van der Waals surface area contributed by atoms with Gasteiger partial charge in [-0.1, -0.05) is 37.6 Å². The molecule has 1 aromatic carbocycles. The van der Waals surface area contributed by atoms with E-state index in [1.807, 2.05) is 18.7 Å². The number of aliphatic imine (C=N–C) groups is 1. The molecule has 2 rings (SSSR count). The number of carbonyl (C=O) groups is 1. The highest BCUT2D eigenvalue weighted by atomic mass is 127. The Morgan fingerprint density at radius 1 is 1.36 bits per heavy atom. The second-order valence-electron chi connectivity index (χ2n) is 6.92. The third-order valence-corrected chi connectivity index (χ3v) is 4.50. The lowest BCUT2D eigenvalue weighted by molar-refractivity contribution is -0.133. The summed E-state index contributed by atoms with van der Waals surface area (Å²) >= 11 is 0. The number of amides is 1. The largest absolute Gasteiger partial charge is 0.352 e. The number of nitrogens with zero attached hydrogens (tertiary/aromatic N) is 2. The molecule has 0 bridgehead atoms. The van der Waals surface area contributed by atoms with Crippen LogP contribution in [0.2, 0.25) is 0 Å². The van der Waals surface area contributed by atoms with Crippen LogP contribution in [-0.2, 0) is 11.3 Å². The van der Waals surface area contributed by atoms with E-state index in [0.717, 1.165) is 32.0 Å². The Labute approximate surface area is 168 Å².